The Balaban J connectivity index is 2.28. The molecule has 0 bridgehead atoms. The van der Waals surface area contributed by atoms with E-state index in [0.29, 0.717) is 0 Å². The van der Waals surface area contributed by atoms with E-state index >= 15 is 0 Å². The molecule has 1 unspecified atom stereocenters. The Kier molecular flexibility index (Phi) is 4.39. The minimum Gasteiger partial charge on any atom is -0.374 e. The zero-order valence-electron chi connectivity index (χ0n) is 9.48. The predicted octanol–water partition coefficient (Wildman–Crippen LogP) is 5.21. The molecule has 94 valence electrons. The van der Waals surface area contributed by atoms with Crippen molar-refractivity contribution in [3.63, 3.8) is 0 Å². The number of halogens is 3. The number of hydrogen-bond donors (Lipinski definition) is 1. The lowest BCUT2D eigenvalue weighted by atomic mass is 10.1. The molecule has 0 fully saturated rings. The van der Waals surface area contributed by atoms with Crippen LogP contribution in [0.5, 0.6) is 0 Å². The van der Waals surface area contributed by atoms with Gasteiger partial charge in [0.15, 0.2) is 0 Å². The molecule has 0 radical (unpaired) electrons. The van der Waals surface area contributed by atoms with Crippen LogP contribution in [-0.4, -0.2) is 3.79 Å². The molecule has 2 rings (SSSR count). The second-order valence-corrected chi connectivity index (χ2v) is 6.26. The number of rotatable bonds is 3. The molecule has 0 amide bonds. The SMILES string of the molecule is ClC(Cl)(Cl)C(Nc1ccccc1)c1ccccc1. The number of alkyl halides is 3. The Hall–Kier alpha value is -0.890. The zero-order chi connectivity index (χ0) is 13.0. The summed E-state index contributed by atoms with van der Waals surface area (Å²) in [6.45, 7) is 0. The summed E-state index contributed by atoms with van der Waals surface area (Å²) in [4.78, 5) is 0. The van der Waals surface area contributed by atoms with Gasteiger partial charge in [0.25, 0.3) is 0 Å². The highest BCUT2D eigenvalue weighted by Gasteiger charge is 2.33. The third kappa shape index (κ3) is 3.55. The second kappa shape index (κ2) is 5.83. The van der Waals surface area contributed by atoms with Crippen molar-refractivity contribution in [2.45, 2.75) is 9.83 Å². The summed E-state index contributed by atoms with van der Waals surface area (Å²) in [7, 11) is 0. The van der Waals surface area contributed by atoms with E-state index in [1.54, 1.807) is 0 Å². The molecular formula is C14H12Cl3N. The van der Waals surface area contributed by atoms with Crippen LogP contribution in [0.2, 0.25) is 0 Å². The third-order valence-electron chi connectivity index (χ3n) is 2.55. The first-order chi connectivity index (χ1) is 8.57. The standard InChI is InChI=1S/C14H12Cl3N/c15-14(16,17)13(11-7-3-1-4-8-11)18-12-9-5-2-6-10-12/h1-10,13,18H. The fraction of sp³-hybridized carbons (Fsp3) is 0.143. The van der Waals surface area contributed by atoms with Gasteiger partial charge in [0, 0.05) is 5.69 Å². The van der Waals surface area contributed by atoms with Crippen molar-refractivity contribution in [1.82, 2.24) is 0 Å². The van der Waals surface area contributed by atoms with Crippen molar-refractivity contribution in [1.29, 1.82) is 0 Å². The number of hydrogen-bond acceptors (Lipinski definition) is 1. The van der Waals surface area contributed by atoms with Gasteiger partial charge in [-0.15, -0.1) is 0 Å². The molecule has 2 aromatic rings. The third-order valence-corrected chi connectivity index (χ3v) is 3.20. The maximum atomic E-state index is 6.05. The van der Waals surface area contributed by atoms with E-state index in [9.17, 15) is 0 Å². The van der Waals surface area contributed by atoms with Crippen molar-refractivity contribution in [2.24, 2.45) is 0 Å². The van der Waals surface area contributed by atoms with E-state index < -0.39 is 9.83 Å². The lowest BCUT2D eigenvalue weighted by Gasteiger charge is -2.27. The van der Waals surface area contributed by atoms with Gasteiger partial charge < -0.3 is 5.32 Å². The van der Waals surface area contributed by atoms with Crippen molar-refractivity contribution in [3.8, 4) is 0 Å². The Morgan fingerprint density at radius 3 is 1.78 bits per heavy atom. The molecule has 0 aliphatic heterocycles. The van der Waals surface area contributed by atoms with E-state index in [-0.39, 0.29) is 0 Å². The first-order valence-corrected chi connectivity index (χ1v) is 6.64. The number of para-hydroxylation sites is 1. The van der Waals surface area contributed by atoms with Crippen LogP contribution in [-0.2, 0) is 0 Å². The summed E-state index contributed by atoms with van der Waals surface area (Å²) in [6, 6.07) is 18.9. The molecule has 0 aliphatic rings. The lowest BCUT2D eigenvalue weighted by molar-refractivity contribution is 0.806. The normalized spacial score (nSPS) is 13.1. The average molecular weight is 301 g/mol. The van der Waals surface area contributed by atoms with Crippen molar-refractivity contribution in [2.75, 3.05) is 5.32 Å². The van der Waals surface area contributed by atoms with E-state index in [2.05, 4.69) is 5.32 Å². The van der Waals surface area contributed by atoms with E-state index in [0.717, 1.165) is 11.3 Å². The Labute approximate surface area is 122 Å². The molecule has 4 heteroatoms. The molecule has 0 spiro atoms. The maximum Gasteiger partial charge on any atom is 0.214 e. The van der Waals surface area contributed by atoms with Crippen LogP contribution in [0.15, 0.2) is 60.7 Å². The van der Waals surface area contributed by atoms with Gasteiger partial charge in [-0.05, 0) is 17.7 Å². The molecular weight excluding hydrogens is 289 g/mol. The van der Waals surface area contributed by atoms with Gasteiger partial charge in [0.05, 0.1) is 6.04 Å². The number of nitrogens with one attached hydrogen (secondary N) is 1. The van der Waals surface area contributed by atoms with Gasteiger partial charge >= 0.3 is 0 Å². The fourth-order valence-electron chi connectivity index (χ4n) is 1.70. The summed E-state index contributed by atoms with van der Waals surface area (Å²) in [5.74, 6) is 0. The van der Waals surface area contributed by atoms with Crippen LogP contribution in [0.4, 0.5) is 5.69 Å². The van der Waals surface area contributed by atoms with Gasteiger partial charge in [0.2, 0.25) is 3.79 Å². The molecule has 0 aromatic heterocycles. The van der Waals surface area contributed by atoms with Crippen LogP contribution in [0.3, 0.4) is 0 Å². The predicted molar refractivity (Wildman–Crippen MR) is 79.5 cm³/mol. The molecule has 0 aliphatic carbocycles. The molecule has 1 N–H and O–H groups in total. The van der Waals surface area contributed by atoms with Gasteiger partial charge in [-0.1, -0.05) is 83.3 Å². The number of anilines is 1. The molecule has 1 nitrogen and oxygen atoms in total. The van der Waals surface area contributed by atoms with Crippen molar-refractivity contribution < 1.29 is 0 Å². The largest absolute Gasteiger partial charge is 0.374 e. The smallest absolute Gasteiger partial charge is 0.214 e. The fourth-order valence-corrected chi connectivity index (χ4v) is 2.24. The van der Waals surface area contributed by atoms with Crippen LogP contribution in [0.1, 0.15) is 11.6 Å². The highest BCUT2D eigenvalue weighted by atomic mass is 35.6. The van der Waals surface area contributed by atoms with Gasteiger partial charge in [0.1, 0.15) is 0 Å². The summed E-state index contributed by atoms with van der Waals surface area (Å²) >= 11 is 18.2. The van der Waals surface area contributed by atoms with Crippen LogP contribution < -0.4 is 5.32 Å². The molecule has 0 saturated heterocycles. The van der Waals surface area contributed by atoms with Gasteiger partial charge in [-0.25, -0.2) is 0 Å². The molecule has 2 aromatic carbocycles. The molecule has 1 atom stereocenters. The molecule has 18 heavy (non-hydrogen) atoms. The quantitative estimate of drug-likeness (QED) is 0.767. The topological polar surface area (TPSA) is 12.0 Å². The van der Waals surface area contributed by atoms with E-state index in [1.807, 2.05) is 60.7 Å². The molecule has 0 saturated carbocycles. The Bertz CT molecular complexity index is 479. The summed E-state index contributed by atoms with van der Waals surface area (Å²) < 4.78 is -1.42. The van der Waals surface area contributed by atoms with Crippen molar-refractivity contribution >= 4 is 40.5 Å². The first-order valence-electron chi connectivity index (χ1n) is 5.50. The second-order valence-electron chi connectivity index (χ2n) is 3.90. The highest BCUT2D eigenvalue weighted by Crippen LogP contribution is 2.41. The average Bonchev–Trinajstić information content (AvgIpc) is 2.37. The molecule has 0 heterocycles. The Morgan fingerprint density at radius 1 is 0.778 bits per heavy atom. The zero-order valence-corrected chi connectivity index (χ0v) is 11.8. The van der Waals surface area contributed by atoms with Crippen LogP contribution in [0.25, 0.3) is 0 Å². The van der Waals surface area contributed by atoms with Crippen LogP contribution >= 0.6 is 34.8 Å². The maximum absolute atomic E-state index is 6.05. The van der Waals surface area contributed by atoms with Gasteiger partial charge in [-0.3, -0.25) is 0 Å². The summed E-state index contributed by atoms with van der Waals surface area (Å²) in [5.41, 5.74) is 1.85. The monoisotopic (exact) mass is 299 g/mol. The van der Waals surface area contributed by atoms with Crippen molar-refractivity contribution in [3.05, 3.63) is 66.2 Å². The van der Waals surface area contributed by atoms with Gasteiger partial charge in [-0.2, -0.15) is 0 Å². The van der Waals surface area contributed by atoms with E-state index in [1.165, 1.54) is 0 Å². The summed E-state index contributed by atoms with van der Waals surface area (Å²) in [5, 5.41) is 3.24. The lowest BCUT2D eigenvalue weighted by Crippen LogP contribution is -2.24. The van der Waals surface area contributed by atoms with E-state index in [4.69, 9.17) is 34.8 Å². The Morgan fingerprint density at radius 2 is 1.28 bits per heavy atom. The first kappa shape index (κ1) is 13.5. The highest BCUT2D eigenvalue weighted by molar-refractivity contribution is 6.68. The summed E-state index contributed by atoms with van der Waals surface area (Å²) in [6.07, 6.45) is 0. The minimum atomic E-state index is -1.42. The number of benzene rings is 2. The minimum absolute atomic E-state index is 0.397. The van der Waals surface area contributed by atoms with Crippen LogP contribution in [0, 0.1) is 0 Å².